The molecule has 1 aromatic rings. The van der Waals surface area contributed by atoms with Gasteiger partial charge in [0.1, 0.15) is 11.5 Å². The molecule has 0 spiro atoms. The third kappa shape index (κ3) is 5.22. The van der Waals surface area contributed by atoms with Crippen LogP contribution in [0.4, 0.5) is 5.69 Å². The predicted octanol–water partition coefficient (Wildman–Crippen LogP) is 0.976. The van der Waals surface area contributed by atoms with Gasteiger partial charge in [0, 0.05) is 11.8 Å². The average Bonchev–Trinajstić information content (AvgIpc) is 2.24. The van der Waals surface area contributed by atoms with Crippen LogP contribution in [0.2, 0.25) is 0 Å². The summed E-state index contributed by atoms with van der Waals surface area (Å²) in [4.78, 5) is 0. The molecule has 0 saturated carbocycles. The first kappa shape index (κ1) is 13.3. The van der Waals surface area contributed by atoms with E-state index in [4.69, 9.17) is 15.7 Å². The third-order valence-corrected chi connectivity index (χ3v) is 3.49. The number of ether oxygens (including phenoxy) is 1. The maximum atomic E-state index is 11.2. The highest BCUT2D eigenvalue weighted by molar-refractivity contribution is 7.91. The summed E-state index contributed by atoms with van der Waals surface area (Å²) in [7, 11) is -3.26. The molecule has 0 atom stereocenters. The topological polar surface area (TPSA) is 93.2 Å². The highest BCUT2D eigenvalue weighted by Gasteiger charge is 2.09. The second-order valence-electron chi connectivity index (χ2n) is 3.52. The van der Waals surface area contributed by atoms with E-state index in [1.54, 1.807) is 30.3 Å². The Morgan fingerprint density at radius 3 is 2.82 bits per heavy atom. The van der Waals surface area contributed by atoms with E-state index in [2.05, 4.69) is 0 Å². The SMILES string of the molecule is N#CCS(=O)(=O)CCCOc1cccc(N)c1. The van der Waals surface area contributed by atoms with Crippen molar-refractivity contribution < 1.29 is 13.2 Å². The van der Waals surface area contributed by atoms with Crippen LogP contribution in [-0.2, 0) is 9.84 Å². The lowest BCUT2D eigenvalue weighted by atomic mass is 10.3. The number of nitrogen functional groups attached to an aromatic ring is 1. The quantitative estimate of drug-likeness (QED) is 0.603. The largest absolute Gasteiger partial charge is 0.493 e. The molecule has 2 N–H and O–H groups in total. The molecule has 1 aromatic carbocycles. The minimum absolute atomic E-state index is 0.0388. The second kappa shape index (κ2) is 6.11. The maximum absolute atomic E-state index is 11.2. The van der Waals surface area contributed by atoms with Gasteiger partial charge in [0.05, 0.1) is 18.4 Å². The Labute approximate surface area is 101 Å². The molecule has 0 aliphatic rings. The average molecular weight is 254 g/mol. The van der Waals surface area contributed by atoms with Crippen LogP contribution < -0.4 is 10.5 Å². The van der Waals surface area contributed by atoms with E-state index in [1.165, 1.54) is 0 Å². The molecule has 0 radical (unpaired) electrons. The Bertz CT molecular complexity index is 506. The summed E-state index contributed by atoms with van der Waals surface area (Å²) in [6.45, 7) is 0.286. The summed E-state index contributed by atoms with van der Waals surface area (Å²) in [5, 5.41) is 8.29. The standard InChI is InChI=1S/C11H14N2O3S/c12-5-8-17(14,15)7-2-6-16-11-4-1-3-10(13)9-11/h1,3-4,9H,2,6-8,13H2. The Morgan fingerprint density at radius 1 is 1.41 bits per heavy atom. The van der Waals surface area contributed by atoms with Gasteiger partial charge in [-0.05, 0) is 18.6 Å². The van der Waals surface area contributed by atoms with Gasteiger partial charge in [-0.3, -0.25) is 0 Å². The lowest BCUT2D eigenvalue weighted by molar-refractivity contribution is 0.318. The zero-order chi connectivity index (χ0) is 12.7. The lowest BCUT2D eigenvalue weighted by Gasteiger charge is -2.06. The number of nitrogens with zero attached hydrogens (tertiary/aromatic N) is 1. The number of hydrogen-bond donors (Lipinski definition) is 1. The normalized spacial score (nSPS) is 10.8. The molecule has 0 fully saturated rings. The van der Waals surface area contributed by atoms with E-state index in [0.717, 1.165) is 0 Å². The summed E-state index contributed by atoms with van der Waals surface area (Å²) < 4.78 is 27.7. The van der Waals surface area contributed by atoms with E-state index < -0.39 is 15.6 Å². The van der Waals surface area contributed by atoms with E-state index in [0.29, 0.717) is 17.9 Å². The number of nitriles is 1. The summed E-state index contributed by atoms with van der Waals surface area (Å²) in [6, 6.07) is 8.55. The van der Waals surface area contributed by atoms with Crippen LogP contribution >= 0.6 is 0 Å². The van der Waals surface area contributed by atoms with Gasteiger partial charge in [0.15, 0.2) is 9.84 Å². The third-order valence-electron chi connectivity index (χ3n) is 2.01. The van der Waals surface area contributed by atoms with Crippen LogP contribution in [0.3, 0.4) is 0 Å². The van der Waals surface area contributed by atoms with Gasteiger partial charge in [-0.15, -0.1) is 0 Å². The molecular formula is C11H14N2O3S. The molecular weight excluding hydrogens is 240 g/mol. The molecule has 0 aliphatic carbocycles. The van der Waals surface area contributed by atoms with Crippen LogP contribution in [0.1, 0.15) is 6.42 Å². The predicted molar refractivity (Wildman–Crippen MR) is 65.2 cm³/mol. The number of nitrogens with two attached hydrogens (primary N) is 1. The van der Waals surface area contributed by atoms with Crippen LogP contribution in [0.5, 0.6) is 5.75 Å². The molecule has 92 valence electrons. The molecule has 0 bridgehead atoms. The van der Waals surface area contributed by atoms with Crippen molar-refractivity contribution in [1.82, 2.24) is 0 Å². The Kier molecular flexibility index (Phi) is 4.79. The van der Waals surface area contributed by atoms with Crippen molar-refractivity contribution >= 4 is 15.5 Å². The monoisotopic (exact) mass is 254 g/mol. The Hall–Kier alpha value is -1.74. The molecule has 0 unspecified atom stereocenters. The molecule has 1 rings (SSSR count). The Balaban J connectivity index is 2.32. The van der Waals surface area contributed by atoms with Crippen molar-refractivity contribution in [2.75, 3.05) is 23.8 Å². The van der Waals surface area contributed by atoms with Gasteiger partial charge in [0.2, 0.25) is 0 Å². The van der Waals surface area contributed by atoms with E-state index in [-0.39, 0.29) is 12.4 Å². The number of rotatable bonds is 6. The van der Waals surface area contributed by atoms with Gasteiger partial charge in [0.25, 0.3) is 0 Å². The van der Waals surface area contributed by atoms with Crippen molar-refractivity contribution in [1.29, 1.82) is 5.26 Å². The number of hydrogen-bond acceptors (Lipinski definition) is 5. The Morgan fingerprint density at radius 2 is 2.18 bits per heavy atom. The van der Waals surface area contributed by atoms with Crippen LogP contribution in [0.25, 0.3) is 0 Å². The number of anilines is 1. The van der Waals surface area contributed by atoms with E-state index in [1.807, 2.05) is 0 Å². The van der Waals surface area contributed by atoms with Crippen molar-refractivity contribution in [3.8, 4) is 11.8 Å². The molecule has 17 heavy (non-hydrogen) atoms. The summed E-state index contributed by atoms with van der Waals surface area (Å²) in [5.41, 5.74) is 6.16. The molecule has 0 heterocycles. The zero-order valence-corrected chi connectivity index (χ0v) is 10.1. The maximum Gasteiger partial charge on any atom is 0.163 e. The number of sulfone groups is 1. The van der Waals surface area contributed by atoms with Gasteiger partial charge in [-0.1, -0.05) is 6.07 Å². The molecule has 6 heteroatoms. The van der Waals surface area contributed by atoms with Crippen LogP contribution in [-0.4, -0.2) is 26.5 Å². The fourth-order valence-electron chi connectivity index (χ4n) is 1.24. The van der Waals surface area contributed by atoms with Crippen molar-refractivity contribution in [2.45, 2.75) is 6.42 Å². The fraction of sp³-hybridized carbons (Fsp3) is 0.364. The van der Waals surface area contributed by atoms with Gasteiger partial charge >= 0.3 is 0 Å². The lowest BCUT2D eigenvalue weighted by Crippen LogP contribution is -2.12. The van der Waals surface area contributed by atoms with Gasteiger partial charge < -0.3 is 10.5 Å². The molecule has 0 amide bonds. The molecule has 0 aromatic heterocycles. The number of benzene rings is 1. The van der Waals surface area contributed by atoms with E-state index >= 15 is 0 Å². The molecule has 5 nitrogen and oxygen atoms in total. The zero-order valence-electron chi connectivity index (χ0n) is 9.30. The first-order valence-electron chi connectivity index (χ1n) is 5.09. The fourth-order valence-corrected chi connectivity index (χ4v) is 2.14. The summed E-state index contributed by atoms with van der Waals surface area (Å²) in [5.74, 6) is 0.136. The van der Waals surface area contributed by atoms with Gasteiger partial charge in [-0.25, -0.2) is 8.42 Å². The van der Waals surface area contributed by atoms with Crippen LogP contribution in [0.15, 0.2) is 24.3 Å². The minimum atomic E-state index is -3.26. The highest BCUT2D eigenvalue weighted by atomic mass is 32.2. The van der Waals surface area contributed by atoms with Gasteiger partial charge in [-0.2, -0.15) is 5.26 Å². The first-order valence-corrected chi connectivity index (χ1v) is 6.91. The summed E-state index contributed by atoms with van der Waals surface area (Å²) in [6.07, 6.45) is 0.360. The molecule has 0 saturated heterocycles. The highest BCUT2D eigenvalue weighted by Crippen LogP contribution is 2.14. The minimum Gasteiger partial charge on any atom is -0.493 e. The smallest absolute Gasteiger partial charge is 0.163 e. The van der Waals surface area contributed by atoms with Crippen molar-refractivity contribution in [2.24, 2.45) is 0 Å². The van der Waals surface area contributed by atoms with Crippen molar-refractivity contribution in [3.05, 3.63) is 24.3 Å². The van der Waals surface area contributed by atoms with Crippen LogP contribution in [0, 0.1) is 11.3 Å². The van der Waals surface area contributed by atoms with Crippen molar-refractivity contribution in [3.63, 3.8) is 0 Å². The first-order chi connectivity index (χ1) is 8.03. The summed E-state index contributed by atoms with van der Waals surface area (Å²) >= 11 is 0. The second-order valence-corrected chi connectivity index (χ2v) is 5.71. The molecule has 0 aliphatic heterocycles. The van der Waals surface area contributed by atoms with E-state index in [9.17, 15) is 8.42 Å².